The fourth-order valence-electron chi connectivity index (χ4n) is 1.71. The van der Waals surface area contributed by atoms with E-state index in [-0.39, 0.29) is 17.7 Å². The summed E-state index contributed by atoms with van der Waals surface area (Å²) in [5.74, 6) is -1.16. The normalized spacial score (nSPS) is 9.95. The number of nitriles is 1. The monoisotopic (exact) mass is 397 g/mol. The number of nitrogens with zero attached hydrogens (tertiary/aromatic N) is 1. The molecule has 0 spiro atoms. The van der Waals surface area contributed by atoms with Crippen molar-refractivity contribution < 1.29 is 19.0 Å². The summed E-state index contributed by atoms with van der Waals surface area (Å²) in [5, 5.41) is 17.7. The molecule has 2 rings (SSSR count). The molecule has 21 heavy (non-hydrogen) atoms. The maximum Gasteiger partial charge on any atom is 0.335 e. The summed E-state index contributed by atoms with van der Waals surface area (Å²) in [4.78, 5) is 10.9. The Morgan fingerprint density at radius 2 is 2.10 bits per heavy atom. The van der Waals surface area contributed by atoms with E-state index in [1.165, 1.54) is 24.3 Å². The maximum absolute atomic E-state index is 13.3. The molecule has 106 valence electrons. The van der Waals surface area contributed by atoms with Crippen LogP contribution in [0.15, 0.2) is 36.4 Å². The van der Waals surface area contributed by atoms with Gasteiger partial charge in [0.05, 0.1) is 20.8 Å². The molecule has 0 amide bonds. The zero-order valence-electron chi connectivity index (χ0n) is 10.6. The highest BCUT2D eigenvalue weighted by atomic mass is 127. The maximum atomic E-state index is 13.3. The van der Waals surface area contributed by atoms with E-state index in [1.807, 2.05) is 28.7 Å². The number of carboxylic acid groups (broad SMARTS) is 1. The number of hydrogen-bond donors (Lipinski definition) is 1. The van der Waals surface area contributed by atoms with Crippen LogP contribution in [0.4, 0.5) is 4.39 Å². The zero-order chi connectivity index (χ0) is 15.4. The molecule has 0 aromatic heterocycles. The molecule has 0 unspecified atom stereocenters. The second-order valence-electron chi connectivity index (χ2n) is 4.20. The third-order valence-corrected chi connectivity index (χ3v) is 3.55. The lowest BCUT2D eigenvalue weighted by Crippen LogP contribution is -2.01. The Kier molecular flexibility index (Phi) is 4.75. The predicted octanol–water partition coefficient (Wildman–Crippen LogP) is 3.58. The van der Waals surface area contributed by atoms with Gasteiger partial charge < -0.3 is 9.84 Å². The van der Waals surface area contributed by atoms with E-state index in [2.05, 4.69) is 0 Å². The summed E-state index contributed by atoms with van der Waals surface area (Å²) in [7, 11) is 0. The van der Waals surface area contributed by atoms with Crippen molar-refractivity contribution >= 4 is 28.6 Å². The number of aromatic carboxylic acids is 1. The minimum absolute atomic E-state index is 0.0471. The van der Waals surface area contributed by atoms with Crippen LogP contribution in [-0.2, 0) is 6.61 Å². The molecule has 4 nitrogen and oxygen atoms in total. The van der Waals surface area contributed by atoms with Crippen molar-refractivity contribution in [3.05, 3.63) is 62.5 Å². The lowest BCUT2D eigenvalue weighted by molar-refractivity contribution is 0.0696. The molecular formula is C15H9FINO3. The molecule has 0 fully saturated rings. The Morgan fingerprint density at radius 3 is 2.76 bits per heavy atom. The Morgan fingerprint density at radius 1 is 1.33 bits per heavy atom. The SMILES string of the molecule is N#Cc1cc(F)cc(COc2cc(C(=O)O)ccc2I)c1. The van der Waals surface area contributed by atoms with Gasteiger partial charge in [-0.2, -0.15) is 5.26 Å². The molecule has 6 heteroatoms. The highest BCUT2D eigenvalue weighted by Gasteiger charge is 2.09. The third-order valence-electron chi connectivity index (χ3n) is 2.66. The topological polar surface area (TPSA) is 70.3 Å². The lowest BCUT2D eigenvalue weighted by atomic mass is 10.1. The molecule has 2 aromatic rings. The Bertz CT molecular complexity index is 740. The first-order valence-corrected chi connectivity index (χ1v) is 6.92. The first-order valence-electron chi connectivity index (χ1n) is 5.85. The molecule has 2 aromatic carbocycles. The smallest absolute Gasteiger partial charge is 0.335 e. The summed E-state index contributed by atoms with van der Waals surface area (Å²) in [5.41, 5.74) is 0.827. The van der Waals surface area contributed by atoms with Crippen LogP contribution in [0.25, 0.3) is 0 Å². The van der Waals surface area contributed by atoms with Gasteiger partial charge in [-0.25, -0.2) is 9.18 Å². The quantitative estimate of drug-likeness (QED) is 0.801. The number of rotatable bonds is 4. The molecule has 0 radical (unpaired) electrons. The molecule has 0 aliphatic rings. The van der Waals surface area contributed by atoms with E-state index in [1.54, 1.807) is 6.07 Å². The number of benzene rings is 2. The highest BCUT2D eigenvalue weighted by Crippen LogP contribution is 2.23. The van der Waals surface area contributed by atoms with Gasteiger partial charge in [-0.3, -0.25) is 0 Å². The van der Waals surface area contributed by atoms with Crippen LogP contribution in [0.1, 0.15) is 21.5 Å². The fourth-order valence-corrected chi connectivity index (χ4v) is 2.20. The lowest BCUT2D eigenvalue weighted by Gasteiger charge is -2.09. The number of carboxylic acids is 1. The molecule has 0 saturated heterocycles. The molecule has 1 N–H and O–H groups in total. The third kappa shape index (κ3) is 3.92. The highest BCUT2D eigenvalue weighted by molar-refractivity contribution is 14.1. The summed E-state index contributed by atoms with van der Waals surface area (Å²) in [6, 6.07) is 10.3. The fraction of sp³-hybridized carbons (Fsp3) is 0.0667. The summed E-state index contributed by atoms with van der Waals surface area (Å²) >= 11 is 2.02. The average Bonchev–Trinajstić information content (AvgIpc) is 2.45. The number of hydrogen-bond acceptors (Lipinski definition) is 3. The standard InChI is InChI=1S/C15H9FINO3/c16-12-4-9(7-18)3-10(5-12)8-21-14-6-11(15(19)20)1-2-13(14)17/h1-6H,8H2,(H,19,20). The van der Waals surface area contributed by atoms with Crippen LogP contribution >= 0.6 is 22.6 Å². The molecule has 0 atom stereocenters. The molecular weight excluding hydrogens is 388 g/mol. The summed E-state index contributed by atoms with van der Waals surface area (Å²) in [6.07, 6.45) is 0. The van der Waals surface area contributed by atoms with Crippen molar-refractivity contribution in [3.8, 4) is 11.8 Å². The van der Waals surface area contributed by atoms with Gasteiger partial charge in [0.1, 0.15) is 18.2 Å². The van der Waals surface area contributed by atoms with Gasteiger partial charge in [0.15, 0.2) is 0 Å². The van der Waals surface area contributed by atoms with Crippen molar-refractivity contribution in [3.63, 3.8) is 0 Å². The van der Waals surface area contributed by atoms with E-state index in [9.17, 15) is 9.18 Å². The van der Waals surface area contributed by atoms with Gasteiger partial charge in [-0.1, -0.05) is 0 Å². The van der Waals surface area contributed by atoms with Crippen LogP contribution in [0.3, 0.4) is 0 Å². The number of ether oxygens (including phenoxy) is 1. The predicted molar refractivity (Wildman–Crippen MR) is 81.6 cm³/mol. The minimum atomic E-state index is -1.05. The van der Waals surface area contributed by atoms with Crippen LogP contribution in [0, 0.1) is 20.7 Å². The Balaban J connectivity index is 2.20. The van der Waals surface area contributed by atoms with Crippen LogP contribution in [-0.4, -0.2) is 11.1 Å². The molecule has 0 bridgehead atoms. The minimum Gasteiger partial charge on any atom is -0.488 e. The van der Waals surface area contributed by atoms with Gasteiger partial charge in [-0.05, 0) is 64.6 Å². The second-order valence-corrected chi connectivity index (χ2v) is 5.36. The molecule has 0 aliphatic heterocycles. The number of halogens is 2. The number of carbonyl (C=O) groups is 1. The molecule has 0 saturated carbocycles. The van der Waals surface area contributed by atoms with Crippen molar-refractivity contribution in [2.75, 3.05) is 0 Å². The first-order chi connectivity index (χ1) is 9.99. The van der Waals surface area contributed by atoms with Gasteiger partial charge >= 0.3 is 5.97 Å². The summed E-state index contributed by atoms with van der Waals surface area (Å²) < 4.78 is 19.6. The van der Waals surface area contributed by atoms with Gasteiger partial charge in [0.2, 0.25) is 0 Å². The first kappa shape index (κ1) is 15.3. The van der Waals surface area contributed by atoms with E-state index in [0.717, 1.165) is 9.64 Å². The van der Waals surface area contributed by atoms with Crippen LogP contribution < -0.4 is 4.74 Å². The second kappa shape index (κ2) is 6.54. The van der Waals surface area contributed by atoms with E-state index in [4.69, 9.17) is 15.1 Å². The van der Waals surface area contributed by atoms with Gasteiger partial charge in [0, 0.05) is 0 Å². The van der Waals surface area contributed by atoms with Crippen molar-refractivity contribution in [2.24, 2.45) is 0 Å². The van der Waals surface area contributed by atoms with Crippen LogP contribution in [0.5, 0.6) is 5.75 Å². The summed E-state index contributed by atoms with van der Waals surface area (Å²) in [6.45, 7) is 0.0471. The van der Waals surface area contributed by atoms with Crippen LogP contribution in [0.2, 0.25) is 0 Å². The van der Waals surface area contributed by atoms with Gasteiger partial charge in [-0.15, -0.1) is 0 Å². The Hall–Kier alpha value is -2.14. The molecule has 0 heterocycles. The van der Waals surface area contributed by atoms with Crippen molar-refractivity contribution in [1.82, 2.24) is 0 Å². The average molecular weight is 397 g/mol. The molecule has 0 aliphatic carbocycles. The van der Waals surface area contributed by atoms with E-state index >= 15 is 0 Å². The zero-order valence-corrected chi connectivity index (χ0v) is 12.8. The largest absolute Gasteiger partial charge is 0.488 e. The van der Waals surface area contributed by atoms with Crippen molar-refractivity contribution in [2.45, 2.75) is 6.61 Å². The van der Waals surface area contributed by atoms with Gasteiger partial charge in [0.25, 0.3) is 0 Å². The van der Waals surface area contributed by atoms with E-state index < -0.39 is 11.8 Å². The van der Waals surface area contributed by atoms with E-state index in [0.29, 0.717) is 11.3 Å². The Labute approximate surface area is 133 Å². The van der Waals surface area contributed by atoms with Crippen molar-refractivity contribution in [1.29, 1.82) is 5.26 Å².